The zero-order chi connectivity index (χ0) is 21.0. The number of rotatable bonds is 5. The number of amides is 1. The number of nitrogens with zero attached hydrogens (tertiary/aromatic N) is 3. The lowest BCUT2D eigenvalue weighted by Gasteiger charge is -2.32. The van der Waals surface area contributed by atoms with E-state index < -0.39 is 0 Å². The number of fused-ring (bicyclic) bond motifs is 1. The minimum atomic E-state index is -0.0710. The van der Waals surface area contributed by atoms with Crippen LogP contribution in [0.15, 0.2) is 60.7 Å². The van der Waals surface area contributed by atoms with Crippen molar-refractivity contribution in [2.45, 2.75) is 19.4 Å². The molecule has 1 amide bonds. The minimum Gasteiger partial charge on any atom is -0.454 e. The lowest BCUT2D eigenvalue weighted by Crippen LogP contribution is -2.43. The van der Waals surface area contributed by atoms with Gasteiger partial charge >= 0.3 is 0 Å². The molecule has 1 N–H and O–H groups in total. The Morgan fingerprint density at radius 2 is 1.90 bits per heavy atom. The number of nitrogens with one attached hydrogen (secondary N) is 1. The molecule has 0 radical (unpaired) electrons. The summed E-state index contributed by atoms with van der Waals surface area (Å²) in [4.78, 5) is 14.9. The molecule has 0 saturated carbocycles. The lowest BCUT2D eigenvalue weighted by molar-refractivity contribution is -0.125. The van der Waals surface area contributed by atoms with Crippen molar-refractivity contribution in [1.29, 1.82) is 0 Å². The van der Waals surface area contributed by atoms with Crippen LogP contribution in [0, 0.1) is 5.92 Å². The van der Waals surface area contributed by atoms with Gasteiger partial charge in [0.05, 0.1) is 11.6 Å². The molecule has 2 aliphatic heterocycles. The monoisotopic (exact) mass is 416 g/mol. The molecule has 5 rings (SSSR count). The highest BCUT2D eigenvalue weighted by Crippen LogP contribution is 2.32. The van der Waals surface area contributed by atoms with Crippen LogP contribution in [0.1, 0.15) is 18.4 Å². The largest absolute Gasteiger partial charge is 0.454 e. The number of piperidine rings is 1. The maximum Gasteiger partial charge on any atom is 0.231 e. The number of hydrogen-bond acceptors (Lipinski definition) is 6. The molecule has 2 aromatic carbocycles. The summed E-state index contributed by atoms with van der Waals surface area (Å²) in [7, 11) is 0. The van der Waals surface area contributed by atoms with Gasteiger partial charge < -0.3 is 19.7 Å². The van der Waals surface area contributed by atoms with Crippen LogP contribution in [0.25, 0.3) is 11.3 Å². The maximum absolute atomic E-state index is 12.8. The Balaban J connectivity index is 1.19. The molecule has 2 aliphatic rings. The van der Waals surface area contributed by atoms with Crippen LogP contribution in [0.5, 0.6) is 11.5 Å². The van der Waals surface area contributed by atoms with E-state index in [2.05, 4.69) is 20.4 Å². The molecule has 1 unspecified atom stereocenters. The fourth-order valence-corrected chi connectivity index (χ4v) is 4.04. The van der Waals surface area contributed by atoms with Gasteiger partial charge in [-0.3, -0.25) is 4.79 Å². The van der Waals surface area contributed by atoms with Gasteiger partial charge in [-0.1, -0.05) is 36.4 Å². The molecule has 3 heterocycles. The van der Waals surface area contributed by atoms with Crippen LogP contribution in [0.2, 0.25) is 0 Å². The SMILES string of the molecule is O=C(NCc1ccc2c(c1)OCO2)C1CCCN(c2ccc(-c3ccccc3)nn2)C1. The number of anilines is 1. The fraction of sp³-hybridized carbons (Fsp3) is 0.292. The molecule has 1 fully saturated rings. The number of benzene rings is 2. The molecule has 3 aromatic rings. The molecule has 0 bridgehead atoms. The van der Waals surface area contributed by atoms with Crippen molar-refractivity contribution in [1.82, 2.24) is 15.5 Å². The van der Waals surface area contributed by atoms with Crippen molar-refractivity contribution in [2.24, 2.45) is 5.92 Å². The third-order valence-corrected chi connectivity index (χ3v) is 5.74. The number of ether oxygens (including phenoxy) is 2. The Morgan fingerprint density at radius 1 is 1.03 bits per heavy atom. The molecule has 1 saturated heterocycles. The van der Waals surface area contributed by atoms with Crippen LogP contribution in [0.3, 0.4) is 0 Å². The molecule has 0 spiro atoms. The van der Waals surface area contributed by atoms with E-state index in [1.54, 1.807) is 0 Å². The first-order valence-corrected chi connectivity index (χ1v) is 10.6. The predicted molar refractivity (Wildman–Crippen MR) is 117 cm³/mol. The van der Waals surface area contributed by atoms with Crippen molar-refractivity contribution < 1.29 is 14.3 Å². The van der Waals surface area contributed by atoms with E-state index in [-0.39, 0.29) is 18.6 Å². The average molecular weight is 416 g/mol. The topological polar surface area (TPSA) is 76.6 Å². The van der Waals surface area contributed by atoms with Crippen LogP contribution < -0.4 is 19.7 Å². The van der Waals surface area contributed by atoms with Gasteiger partial charge in [0.15, 0.2) is 17.3 Å². The van der Waals surface area contributed by atoms with Crippen molar-refractivity contribution in [3.05, 3.63) is 66.2 Å². The Bertz CT molecular complexity index is 1060. The predicted octanol–water partition coefficient (Wildman–Crippen LogP) is 3.41. The highest BCUT2D eigenvalue weighted by Gasteiger charge is 2.26. The summed E-state index contributed by atoms with van der Waals surface area (Å²) in [5, 5.41) is 11.9. The second-order valence-electron chi connectivity index (χ2n) is 7.83. The molecule has 158 valence electrons. The summed E-state index contributed by atoms with van der Waals surface area (Å²) in [5.41, 5.74) is 2.88. The van der Waals surface area contributed by atoms with Gasteiger partial charge in [-0.25, -0.2) is 0 Å². The van der Waals surface area contributed by atoms with E-state index in [1.807, 2.05) is 60.7 Å². The van der Waals surface area contributed by atoms with E-state index in [4.69, 9.17) is 9.47 Å². The standard InChI is InChI=1S/C24H24N4O3/c29-24(25-14-17-8-10-21-22(13-17)31-16-30-21)19-7-4-12-28(15-19)23-11-9-20(26-27-23)18-5-2-1-3-6-18/h1-3,5-6,8-11,13,19H,4,7,12,14-16H2,(H,25,29). The maximum atomic E-state index is 12.8. The van der Waals surface area contributed by atoms with E-state index in [9.17, 15) is 4.79 Å². The van der Waals surface area contributed by atoms with Gasteiger partial charge in [0.2, 0.25) is 12.7 Å². The summed E-state index contributed by atoms with van der Waals surface area (Å²) in [6, 6.07) is 19.7. The summed E-state index contributed by atoms with van der Waals surface area (Å²) in [6.45, 7) is 2.24. The zero-order valence-electron chi connectivity index (χ0n) is 17.2. The van der Waals surface area contributed by atoms with Gasteiger partial charge in [0.1, 0.15) is 0 Å². The van der Waals surface area contributed by atoms with E-state index >= 15 is 0 Å². The summed E-state index contributed by atoms with van der Waals surface area (Å²) in [5.74, 6) is 2.29. The second-order valence-corrected chi connectivity index (χ2v) is 7.83. The number of carbonyl (C=O) groups is 1. The van der Waals surface area contributed by atoms with Crippen molar-refractivity contribution in [3.63, 3.8) is 0 Å². The molecule has 0 aliphatic carbocycles. The molecular formula is C24H24N4O3. The second kappa shape index (κ2) is 8.63. The smallest absolute Gasteiger partial charge is 0.231 e. The average Bonchev–Trinajstić information content (AvgIpc) is 3.31. The first kappa shape index (κ1) is 19.4. The van der Waals surface area contributed by atoms with Gasteiger partial charge in [-0.05, 0) is 42.7 Å². The minimum absolute atomic E-state index is 0.0660. The van der Waals surface area contributed by atoms with Gasteiger partial charge in [0, 0.05) is 25.2 Å². The van der Waals surface area contributed by atoms with E-state index in [1.165, 1.54) is 0 Å². The number of aromatic nitrogens is 2. The van der Waals surface area contributed by atoms with Crippen LogP contribution in [-0.4, -0.2) is 36.0 Å². The van der Waals surface area contributed by atoms with Crippen molar-refractivity contribution in [3.8, 4) is 22.8 Å². The number of hydrogen-bond donors (Lipinski definition) is 1. The fourth-order valence-electron chi connectivity index (χ4n) is 4.04. The Hall–Kier alpha value is -3.61. The Labute approximate surface area is 181 Å². The Morgan fingerprint density at radius 3 is 2.74 bits per heavy atom. The normalized spacial score (nSPS) is 17.4. The van der Waals surface area contributed by atoms with Crippen LogP contribution in [0.4, 0.5) is 5.82 Å². The summed E-state index contributed by atoms with van der Waals surface area (Å²) in [6.07, 6.45) is 1.82. The number of carbonyl (C=O) groups excluding carboxylic acids is 1. The first-order chi connectivity index (χ1) is 15.3. The third-order valence-electron chi connectivity index (χ3n) is 5.74. The Kier molecular flexibility index (Phi) is 5.39. The molecule has 7 nitrogen and oxygen atoms in total. The molecule has 31 heavy (non-hydrogen) atoms. The lowest BCUT2D eigenvalue weighted by atomic mass is 9.97. The highest BCUT2D eigenvalue weighted by atomic mass is 16.7. The zero-order valence-corrected chi connectivity index (χ0v) is 17.2. The summed E-state index contributed by atoms with van der Waals surface area (Å²) < 4.78 is 10.7. The van der Waals surface area contributed by atoms with Crippen molar-refractivity contribution in [2.75, 3.05) is 24.8 Å². The molecule has 7 heteroatoms. The van der Waals surface area contributed by atoms with E-state index in [0.717, 1.165) is 53.5 Å². The van der Waals surface area contributed by atoms with Gasteiger partial charge in [-0.2, -0.15) is 0 Å². The quantitative estimate of drug-likeness (QED) is 0.687. The van der Waals surface area contributed by atoms with E-state index in [0.29, 0.717) is 13.1 Å². The van der Waals surface area contributed by atoms with Gasteiger partial charge in [0.25, 0.3) is 0 Å². The molecule has 1 atom stereocenters. The van der Waals surface area contributed by atoms with Crippen molar-refractivity contribution >= 4 is 11.7 Å². The molecule has 1 aromatic heterocycles. The van der Waals surface area contributed by atoms with Crippen LogP contribution >= 0.6 is 0 Å². The summed E-state index contributed by atoms with van der Waals surface area (Å²) >= 11 is 0. The molecular weight excluding hydrogens is 392 g/mol. The third kappa shape index (κ3) is 4.30. The van der Waals surface area contributed by atoms with Crippen LogP contribution in [-0.2, 0) is 11.3 Å². The first-order valence-electron chi connectivity index (χ1n) is 10.6. The van der Waals surface area contributed by atoms with Gasteiger partial charge in [-0.15, -0.1) is 10.2 Å². The highest BCUT2D eigenvalue weighted by molar-refractivity contribution is 5.79.